The van der Waals surface area contributed by atoms with Gasteiger partial charge in [0, 0.05) is 5.56 Å². The number of benzene rings is 1. The van der Waals surface area contributed by atoms with Crippen molar-refractivity contribution in [1.29, 1.82) is 0 Å². The Kier molecular flexibility index (Phi) is 2.26. The van der Waals surface area contributed by atoms with Gasteiger partial charge in [-0.1, -0.05) is 0 Å². The first-order valence-electron chi connectivity index (χ1n) is 5.47. The van der Waals surface area contributed by atoms with Crippen LogP contribution in [0.2, 0.25) is 0 Å². The molecule has 0 unspecified atom stereocenters. The molecule has 0 bridgehead atoms. The van der Waals surface area contributed by atoms with Gasteiger partial charge in [0.2, 0.25) is 0 Å². The van der Waals surface area contributed by atoms with E-state index >= 15 is 0 Å². The van der Waals surface area contributed by atoms with E-state index in [-0.39, 0.29) is 5.57 Å². The Bertz CT molecular complexity index is 625. The molecule has 0 saturated carbocycles. The molecule has 1 aromatic rings. The molecule has 19 heavy (non-hydrogen) atoms. The van der Waals surface area contributed by atoms with Crippen LogP contribution >= 0.6 is 0 Å². The van der Waals surface area contributed by atoms with Crippen LogP contribution in [0.4, 0.5) is 4.79 Å². The molecule has 7 nitrogen and oxygen atoms in total. The fourth-order valence-corrected chi connectivity index (χ4v) is 1.99. The molecule has 3 amide bonds. The highest BCUT2D eigenvalue weighted by Gasteiger charge is 2.47. The molecule has 0 aromatic heterocycles. The van der Waals surface area contributed by atoms with Gasteiger partial charge in [0.1, 0.15) is 17.1 Å². The normalized spacial score (nSPS) is 24.2. The highest BCUT2D eigenvalue weighted by Crippen LogP contribution is 2.36. The Labute approximate surface area is 107 Å². The molecule has 2 aliphatic heterocycles. The van der Waals surface area contributed by atoms with E-state index in [0.717, 1.165) is 0 Å². The third-order valence-corrected chi connectivity index (χ3v) is 2.89. The quantitative estimate of drug-likeness (QED) is 0.659. The highest BCUT2D eigenvalue weighted by atomic mass is 16.6. The van der Waals surface area contributed by atoms with Gasteiger partial charge in [-0.2, -0.15) is 0 Å². The van der Waals surface area contributed by atoms with Crippen LogP contribution in [-0.2, 0) is 4.79 Å². The zero-order valence-electron chi connectivity index (χ0n) is 9.89. The van der Waals surface area contributed by atoms with E-state index in [1.807, 2.05) is 5.32 Å². The first kappa shape index (κ1) is 11.5. The van der Waals surface area contributed by atoms with E-state index in [1.54, 1.807) is 18.2 Å². The van der Waals surface area contributed by atoms with Gasteiger partial charge in [-0.3, -0.25) is 15.4 Å². The number of urea groups is 1. The summed E-state index contributed by atoms with van der Waals surface area (Å²) in [6, 6.07) is 4.07. The summed E-state index contributed by atoms with van der Waals surface area (Å²) < 4.78 is 10.4. The van der Waals surface area contributed by atoms with E-state index < -0.39 is 17.8 Å². The minimum atomic E-state index is -2.14. The van der Waals surface area contributed by atoms with E-state index in [4.69, 9.17) is 9.47 Å². The van der Waals surface area contributed by atoms with Crippen LogP contribution in [0.1, 0.15) is 5.56 Å². The summed E-state index contributed by atoms with van der Waals surface area (Å²) in [5.41, 5.74) is 0.484. The van der Waals surface area contributed by atoms with E-state index in [1.165, 1.54) is 13.2 Å². The lowest BCUT2D eigenvalue weighted by molar-refractivity contribution is -0.145. The number of carbonyl (C=O) groups is 2. The fourth-order valence-electron chi connectivity index (χ4n) is 1.99. The number of carbonyl (C=O) groups excluding carboxylic acids is 2. The van der Waals surface area contributed by atoms with Crippen LogP contribution in [0, 0.1) is 0 Å². The molecule has 1 fully saturated rings. The number of amides is 3. The maximum atomic E-state index is 11.7. The Morgan fingerprint density at radius 3 is 2.89 bits per heavy atom. The van der Waals surface area contributed by atoms with Gasteiger partial charge in [-0.25, -0.2) is 4.79 Å². The SMILES string of the molecule is COc1ccc2c(c1)C=C1C(=O)NC(=O)N[C@]1(O)O2. The smallest absolute Gasteiger partial charge is 0.327 e. The third-order valence-electron chi connectivity index (χ3n) is 2.89. The van der Waals surface area contributed by atoms with Gasteiger partial charge in [0.05, 0.1) is 7.11 Å². The topological polar surface area (TPSA) is 96.9 Å². The lowest BCUT2D eigenvalue weighted by Gasteiger charge is -2.37. The van der Waals surface area contributed by atoms with Gasteiger partial charge < -0.3 is 14.6 Å². The number of rotatable bonds is 1. The number of methoxy groups -OCH3 is 1. The second-order valence-corrected chi connectivity index (χ2v) is 4.12. The Morgan fingerprint density at radius 2 is 2.16 bits per heavy atom. The second kappa shape index (κ2) is 3.72. The standard InChI is InChI=1S/C12H10N2O5/c1-18-7-2-3-9-6(4-7)5-8-10(15)13-11(16)14-12(8,17)19-9/h2-5,17H,1H3,(H2,13,14,15,16)/t12-/m1/s1. The van der Waals surface area contributed by atoms with E-state index in [2.05, 4.69) is 5.32 Å². The molecule has 0 spiro atoms. The largest absolute Gasteiger partial charge is 0.497 e. The minimum absolute atomic E-state index is 0.0900. The summed E-state index contributed by atoms with van der Waals surface area (Å²) in [5, 5.41) is 14.4. The predicted molar refractivity (Wildman–Crippen MR) is 63.2 cm³/mol. The summed E-state index contributed by atoms with van der Waals surface area (Å²) in [6.45, 7) is 0. The van der Waals surface area contributed by atoms with Crippen molar-refractivity contribution in [2.75, 3.05) is 7.11 Å². The minimum Gasteiger partial charge on any atom is -0.497 e. The summed E-state index contributed by atoms with van der Waals surface area (Å²) in [4.78, 5) is 22.9. The zero-order valence-corrected chi connectivity index (χ0v) is 9.89. The molecule has 7 heteroatoms. The van der Waals surface area contributed by atoms with E-state index in [0.29, 0.717) is 17.1 Å². The molecule has 1 saturated heterocycles. The summed E-state index contributed by atoms with van der Waals surface area (Å²) >= 11 is 0. The third kappa shape index (κ3) is 1.71. The number of aliphatic hydroxyl groups is 1. The Hall–Kier alpha value is -2.54. The lowest BCUT2D eigenvalue weighted by atomic mass is 10.0. The number of ether oxygens (including phenoxy) is 2. The van der Waals surface area contributed by atoms with Crippen molar-refractivity contribution in [3.8, 4) is 11.5 Å². The molecule has 3 rings (SSSR count). The van der Waals surface area contributed by atoms with Crippen molar-refractivity contribution in [2.24, 2.45) is 0 Å². The number of fused-ring (bicyclic) bond motifs is 2. The molecule has 0 radical (unpaired) electrons. The summed E-state index contributed by atoms with van der Waals surface area (Å²) in [5.74, 6) is -1.92. The maximum absolute atomic E-state index is 11.7. The fraction of sp³-hybridized carbons (Fsp3) is 0.167. The number of hydrogen-bond donors (Lipinski definition) is 3. The monoisotopic (exact) mass is 262 g/mol. The zero-order chi connectivity index (χ0) is 13.6. The number of hydrogen-bond acceptors (Lipinski definition) is 5. The lowest BCUT2D eigenvalue weighted by Crippen LogP contribution is -2.65. The van der Waals surface area contributed by atoms with Crippen LogP contribution in [-0.4, -0.2) is 30.1 Å². The van der Waals surface area contributed by atoms with Crippen LogP contribution in [0.25, 0.3) is 6.08 Å². The van der Waals surface area contributed by atoms with E-state index in [9.17, 15) is 14.7 Å². The predicted octanol–water partition coefficient (Wildman–Crippen LogP) is -0.0435. The van der Waals surface area contributed by atoms with Crippen LogP contribution in [0.15, 0.2) is 23.8 Å². The van der Waals surface area contributed by atoms with Crippen LogP contribution in [0.5, 0.6) is 11.5 Å². The molecular formula is C12H10N2O5. The first-order chi connectivity index (χ1) is 9.01. The van der Waals surface area contributed by atoms with Crippen LogP contribution < -0.4 is 20.1 Å². The van der Waals surface area contributed by atoms with Crippen molar-refractivity contribution in [3.63, 3.8) is 0 Å². The van der Waals surface area contributed by atoms with Gasteiger partial charge in [-0.15, -0.1) is 0 Å². The van der Waals surface area contributed by atoms with Gasteiger partial charge in [-0.05, 0) is 24.3 Å². The highest BCUT2D eigenvalue weighted by molar-refractivity contribution is 6.11. The van der Waals surface area contributed by atoms with Crippen LogP contribution in [0.3, 0.4) is 0 Å². The van der Waals surface area contributed by atoms with Gasteiger partial charge in [0.15, 0.2) is 0 Å². The average Bonchev–Trinajstić information content (AvgIpc) is 2.35. The number of imide groups is 1. The first-order valence-corrected chi connectivity index (χ1v) is 5.47. The van der Waals surface area contributed by atoms with Crippen molar-refractivity contribution in [1.82, 2.24) is 10.6 Å². The molecule has 2 aliphatic rings. The van der Waals surface area contributed by atoms with Gasteiger partial charge in [0.25, 0.3) is 5.91 Å². The second-order valence-electron chi connectivity index (χ2n) is 4.12. The Morgan fingerprint density at radius 1 is 1.37 bits per heavy atom. The van der Waals surface area contributed by atoms with Crippen molar-refractivity contribution in [3.05, 3.63) is 29.3 Å². The molecule has 0 aliphatic carbocycles. The Balaban J connectivity index is 2.11. The van der Waals surface area contributed by atoms with Crippen molar-refractivity contribution >= 4 is 18.0 Å². The summed E-state index contributed by atoms with van der Waals surface area (Å²) in [6.07, 6.45) is 1.44. The molecular weight excluding hydrogens is 252 g/mol. The number of nitrogens with one attached hydrogen (secondary N) is 2. The molecule has 98 valence electrons. The molecule has 3 N–H and O–H groups in total. The summed E-state index contributed by atoms with van der Waals surface area (Å²) in [7, 11) is 1.52. The molecule has 1 atom stereocenters. The average molecular weight is 262 g/mol. The van der Waals surface area contributed by atoms with Gasteiger partial charge >= 0.3 is 11.9 Å². The van der Waals surface area contributed by atoms with Crippen molar-refractivity contribution in [2.45, 2.75) is 5.91 Å². The molecule has 1 aromatic carbocycles. The molecule has 2 heterocycles. The maximum Gasteiger partial charge on any atom is 0.327 e. The van der Waals surface area contributed by atoms with Crippen molar-refractivity contribution < 1.29 is 24.2 Å².